The van der Waals surface area contributed by atoms with E-state index in [1.54, 1.807) is 18.2 Å². The van der Waals surface area contributed by atoms with Crippen LogP contribution in [0.3, 0.4) is 0 Å². The zero-order chi connectivity index (χ0) is 23.8. The van der Waals surface area contributed by atoms with E-state index < -0.39 is 42.3 Å². The molecule has 0 radical (unpaired) electrons. The standard InChI is InChI=1S/C20H12F6N4O3/c21-19(22,23)9-30(13-3-1-12(7-27)14(6-13)20(24,25)26)8-17-28-29-18(33-17)11-2-4-15-16(5-11)32-10-31-15/h1-6H,8-10H2. The van der Waals surface area contributed by atoms with Gasteiger partial charge in [0.15, 0.2) is 11.5 Å². The molecule has 0 spiro atoms. The van der Waals surface area contributed by atoms with Gasteiger partial charge < -0.3 is 18.8 Å². The van der Waals surface area contributed by atoms with Crippen LogP contribution in [0.25, 0.3) is 11.5 Å². The third-order valence-corrected chi connectivity index (χ3v) is 4.58. The first-order valence-electron chi connectivity index (χ1n) is 9.19. The Morgan fingerprint density at radius 1 is 0.970 bits per heavy atom. The predicted octanol–water partition coefficient (Wildman–Crippen LogP) is 4.92. The summed E-state index contributed by atoms with van der Waals surface area (Å²) in [4.78, 5) is 0.604. The van der Waals surface area contributed by atoms with E-state index in [9.17, 15) is 26.3 Å². The molecule has 2 aromatic carbocycles. The van der Waals surface area contributed by atoms with Gasteiger partial charge in [0.25, 0.3) is 0 Å². The minimum absolute atomic E-state index is 0.0222. The number of nitrogens with zero attached hydrogens (tertiary/aromatic N) is 4. The molecular formula is C20H12F6N4O3. The lowest BCUT2D eigenvalue weighted by molar-refractivity contribution is -0.137. The highest BCUT2D eigenvalue weighted by atomic mass is 19.4. The molecule has 0 saturated carbocycles. The van der Waals surface area contributed by atoms with Crippen LogP contribution in [0.2, 0.25) is 0 Å². The normalized spacial score (nSPS) is 13.1. The molecule has 13 heteroatoms. The number of benzene rings is 2. The van der Waals surface area contributed by atoms with Gasteiger partial charge in [0.1, 0.15) is 6.54 Å². The number of halogens is 6. The molecule has 0 unspecified atom stereocenters. The van der Waals surface area contributed by atoms with Crippen molar-refractivity contribution >= 4 is 5.69 Å². The first-order chi connectivity index (χ1) is 15.5. The zero-order valence-electron chi connectivity index (χ0n) is 16.4. The molecule has 0 saturated heterocycles. The Morgan fingerprint density at radius 2 is 1.73 bits per heavy atom. The number of alkyl halides is 6. The van der Waals surface area contributed by atoms with Crippen LogP contribution in [0.4, 0.5) is 32.0 Å². The van der Waals surface area contributed by atoms with E-state index in [4.69, 9.17) is 19.2 Å². The monoisotopic (exact) mass is 470 g/mol. The summed E-state index contributed by atoms with van der Waals surface area (Å²) in [5, 5.41) is 16.4. The van der Waals surface area contributed by atoms with Crippen LogP contribution < -0.4 is 14.4 Å². The average Bonchev–Trinajstić information content (AvgIpc) is 3.40. The van der Waals surface area contributed by atoms with Crippen molar-refractivity contribution in [3.63, 3.8) is 0 Å². The number of ether oxygens (including phenoxy) is 2. The van der Waals surface area contributed by atoms with E-state index in [2.05, 4.69) is 10.2 Å². The van der Waals surface area contributed by atoms with E-state index in [1.165, 1.54) is 6.07 Å². The van der Waals surface area contributed by atoms with Gasteiger partial charge in [-0.25, -0.2) is 0 Å². The molecule has 1 aromatic heterocycles. The molecule has 1 aliphatic heterocycles. The second-order valence-electron chi connectivity index (χ2n) is 6.88. The SMILES string of the molecule is N#Cc1ccc(N(Cc2nnc(-c3ccc4c(c3)OCO4)o2)CC(F)(F)F)cc1C(F)(F)F. The number of aromatic nitrogens is 2. The highest BCUT2D eigenvalue weighted by molar-refractivity contribution is 5.60. The van der Waals surface area contributed by atoms with Gasteiger partial charge in [-0.1, -0.05) is 0 Å². The van der Waals surface area contributed by atoms with Crippen LogP contribution >= 0.6 is 0 Å². The van der Waals surface area contributed by atoms with Gasteiger partial charge in [-0.3, -0.25) is 0 Å². The lowest BCUT2D eigenvalue weighted by Gasteiger charge is -2.25. The fourth-order valence-corrected chi connectivity index (χ4v) is 3.14. The Morgan fingerprint density at radius 3 is 2.42 bits per heavy atom. The van der Waals surface area contributed by atoms with Crippen molar-refractivity contribution in [1.82, 2.24) is 10.2 Å². The van der Waals surface area contributed by atoms with E-state index >= 15 is 0 Å². The van der Waals surface area contributed by atoms with Crippen LogP contribution in [0.5, 0.6) is 11.5 Å². The van der Waals surface area contributed by atoms with E-state index in [0.29, 0.717) is 28.0 Å². The highest BCUT2D eigenvalue weighted by Gasteiger charge is 2.36. The third-order valence-electron chi connectivity index (χ3n) is 4.58. The molecule has 3 aromatic rings. The van der Waals surface area contributed by atoms with Crippen LogP contribution in [0, 0.1) is 11.3 Å². The van der Waals surface area contributed by atoms with E-state index in [1.807, 2.05) is 0 Å². The zero-order valence-corrected chi connectivity index (χ0v) is 16.4. The maximum Gasteiger partial charge on any atom is 0.417 e. The maximum atomic E-state index is 13.3. The summed E-state index contributed by atoms with van der Waals surface area (Å²) >= 11 is 0. The summed E-state index contributed by atoms with van der Waals surface area (Å²) in [7, 11) is 0. The summed E-state index contributed by atoms with van der Waals surface area (Å²) in [6, 6.07) is 8.39. The van der Waals surface area contributed by atoms with Gasteiger partial charge in [0.05, 0.1) is 23.7 Å². The molecule has 172 valence electrons. The summed E-state index contributed by atoms with van der Waals surface area (Å²) in [5.41, 5.74) is -2.05. The van der Waals surface area contributed by atoms with Crippen molar-refractivity contribution in [2.45, 2.75) is 18.9 Å². The van der Waals surface area contributed by atoms with Gasteiger partial charge in [-0.05, 0) is 36.4 Å². The average molecular weight is 470 g/mol. The molecular weight excluding hydrogens is 458 g/mol. The molecule has 33 heavy (non-hydrogen) atoms. The second kappa shape index (κ2) is 8.19. The Kier molecular flexibility index (Phi) is 5.52. The lowest BCUT2D eigenvalue weighted by Crippen LogP contribution is -2.34. The van der Waals surface area contributed by atoms with E-state index in [-0.39, 0.29) is 18.6 Å². The third kappa shape index (κ3) is 4.94. The summed E-state index contributed by atoms with van der Waals surface area (Å²) in [5.74, 6) is 0.634. The maximum absolute atomic E-state index is 13.3. The molecule has 0 N–H and O–H groups in total. The fourth-order valence-electron chi connectivity index (χ4n) is 3.14. The molecule has 7 nitrogen and oxygen atoms in total. The van der Waals surface area contributed by atoms with Gasteiger partial charge in [-0.2, -0.15) is 31.6 Å². The number of hydrogen-bond donors (Lipinski definition) is 0. The summed E-state index contributed by atoms with van der Waals surface area (Å²) < 4.78 is 95.2. The minimum atomic E-state index is -4.93. The van der Waals surface area contributed by atoms with Crippen LogP contribution in [0.15, 0.2) is 40.8 Å². The van der Waals surface area contributed by atoms with E-state index in [0.717, 1.165) is 12.1 Å². The topological polar surface area (TPSA) is 84.4 Å². The largest absolute Gasteiger partial charge is 0.454 e. The van der Waals surface area contributed by atoms with Gasteiger partial charge in [0, 0.05) is 11.3 Å². The van der Waals surface area contributed by atoms with Crippen molar-refractivity contribution in [2.75, 3.05) is 18.2 Å². The predicted molar refractivity (Wildman–Crippen MR) is 99.1 cm³/mol. The first kappa shape index (κ1) is 22.3. The van der Waals surface area contributed by atoms with Crippen LogP contribution in [-0.2, 0) is 12.7 Å². The number of rotatable bonds is 5. The van der Waals surface area contributed by atoms with Gasteiger partial charge >= 0.3 is 12.4 Å². The van der Waals surface area contributed by atoms with Crippen molar-refractivity contribution in [3.8, 4) is 29.0 Å². The molecule has 4 rings (SSSR count). The summed E-state index contributed by atoms with van der Waals surface area (Å²) in [6.07, 6.45) is -9.67. The lowest BCUT2D eigenvalue weighted by atomic mass is 10.1. The minimum Gasteiger partial charge on any atom is -0.454 e. The van der Waals surface area contributed by atoms with Crippen LogP contribution in [0.1, 0.15) is 17.0 Å². The summed E-state index contributed by atoms with van der Waals surface area (Å²) in [6.45, 7) is -2.18. The fraction of sp³-hybridized carbons (Fsp3) is 0.250. The second-order valence-corrected chi connectivity index (χ2v) is 6.88. The quantitative estimate of drug-likeness (QED) is 0.489. The van der Waals surface area contributed by atoms with Gasteiger partial charge in [-0.15, -0.1) is 10.2 Å². The molecule has 0 bridgehead atoms. The Hall–Kier alpha value is -3.95. The Balaban J connectivity index is 1.64. The molecule has 0 atom stereocenters. The molecule has 0 aliphatic carbocycles. The molecule has 0 fully saturated rings. The number of nitriles is 1. The highest BCUT2D eigenvalue weighted by Crippen LogP contribution is 2.37. The Labute approximate surface area is 181 Å². The van der Waals surface area contributed by atoms with Crippen molar-refractivity contribution < 1.29 is 40.2 Å². The van der Waals surface area contributed by atoms with Crippen molar-refractivity contribution in [1.29, 1.82) is 5.26 Å². The number of fused-ring (bicyclic) bond motifs is 1. The number of anilines is 1. The van der Waals surface area contributed by atoms with Crippen molar-refractivity contribution in [2.24, 2.45) is 0 Å². The number of hydrogen-bond acceptors (Lipinski definition) is 7. The Bertz CT molecular complexity index is 1220. The molecule has 0 amide bonds. The van der Waals surface area contributed by atoms with Crippen molar-refractivity contribution in [3.05, 3.63) is 53.4 Å². The molecule has 1 aliphatic rings. The molecule has 2 heterocycles. The first-order valence-corrected chi connectivity index (χ1v) is 9.19. The smallest absolute Gasteiger partial charge is 0.417 e. The van der Waals surface area contributed by atoms with Crippen LogP contribution in [-0.4, -0.2) is 29.7 Å². The van der Waals surface area contributed by atoms with Gasteiger partial charge in [0.2, 0.25) is 18.6 Å².